The third-order valence-corrected chi connectivity index (χ3v) is 4.36. The Kier molecular flexibility index (Phi) is 4.70. The number of amides is 1. The van der Waals surface area contributed by atoms with E-state index in [4.69, 9.17) is 4.52 Å². The number of rotatable bonds is 5. The fraction of sp³-hybridized carbons (Fsp3) is 0.316. The Morgan fingerprint density at radius 3 is 2.56 bits per heavy atom. The van der Waals surface area contributed by atoms with Gasteiger partial charge in [0.25, 0.3) is 0 Å². The van der Waals surface area contributed by atoms with Gasteiger partial charge in [-0.3, -0.25) is 4.79 Å². The largest absolute Gasteiger partial charge is 0.361 e. The van der Waals surface area contributed by atoms with E-state index in [1.165, 1.54) is 0 Å². The van der Waals surface area contributed by atoms with Crippen LogP contribution < -0.4 is 5.32 Å². The van der Waals surface area contributed by atoms with E-state index in [0.717, 1.165) is 28.3 Å². The minimum atomic E-state index is -0.336. The van der Waals surface area contributed by atoms with E-state index in [2.05, 4.69) is 20.4 Å². The van der Waals surface area contributed by atoms with Crippen LogP contribution in [0.4, 0.5) is 0 Å². The Morgan fingerprint density at radius 2 is 1.92 bits per heavy atom. The van der Waals surface area contributed by atoms with Gasteiger partial charge in [-0.05, 0) is 33.3 Å². The summed E-state index contributed by atoms with van der Waals surface area (Å²) in [5, 5.41) is 6.92. The lowest BCUT2D eigenvalue weighted by Gasteiger charge is -2.16. The third-order valence-electron chi connectivity index (χ3n) is 4.36. The zero-order chi connectivity index (χ0) is 18.0. The number of aromatic nitrogens is 3. The molecule has 2 N–H and O–H groups in total. The summed E-state index contributed by atoms with van der Waals surface area (Å²) in [7, 11) is 0. The predicted molar refractivity (Wildman–Crippen MR) is 95.0 cm³/mol. The molecule has 6 heteroatoms. The van der Waals surface area contributed by atoms with Crippen molar-refractivity contribution in [2.75, 3.05) is 0 Å². The second-order valence-electron chi connectivity index (χ2n) is 6.24. The van der Waals surface area contributed by atoms with Crippen molar-refractivity contribution in [2.45, 2.75) is 39.7 Å². The molecular formula is C19H22N4O2. The van der Waals surface area contributed by atoms with Gasteiger partial charge in [0.1, 0.15) is 11.6 Å². The minimum Gasteiger partial charge on any atom is -0.361 e. The van der Waals surface area contributed by atoms with Gasteiger partial charge in [-0.1, -0.05) is 35.5 Å². The highest BCUT2D eigenvalue weighted by atomic mass is 16.5. The summed E-state index contributed by atoms with van der Waals surface area (Å²) in [6.45, 7) is 7.43. The molecule has 0 fully saturated rings. The lowest BCUT2D eigenvalue weighted by molar-refractivity contribution is -0.122. The van der Waals surface area contributed by atoms with Crippen LogP contribution in [0.1, 0.15) is 48.6 Å². The van der Waals surface area contributed by atoms with Crippen LogP contribution in [0, 0.1) is 13.8 Å². The zero-order valence-electron chi connectivity index (χ0n) is 14.8. The number of imidazole rings is 1. The van der Waals surface area contributed by atoms with Gasteiger partial charge in [0.15, 0.2) is 0 Å². The SMILES string of the molecule is Cc1noc(C)c1[C@H](C)C(=O)N[C@@H](C)c1ncc(-c2ccccc2)[nH]1. The van der Waals surface area contributed by atoms with Gasteiger partial charge >= 0.3 is 0 Å². The average molecular weight is 338 g/mol. The van der Waals surface area contributed by atoms with Crippen LogP contribution in [0.25, 0.3) is 11.3 Å². The van der Waals surface area contributed by atoms with E-state index >= 15 is 0 Å². The summed E-state index contributed by atoms with van der Waals surface area (Å²) < 4.78 is 5.16. The second kappa shape index (κ2) is 6.93. The molecule has 3 aromatic rings. The molecule has 6 nitrogen and oxygen atoms in total. The Hall–Kier alpha value is -2.89. The number of nitrogens with one attached hydrogen (secondary N) is 2. The van der Waals surface area contributed by atoms with Crippen molar-refractivity contribution < 1.29 is 9.32 Å². The van der Waals surface area contributed by atoms with E-state index in [1.54, 1.807) is 6.20 Å². The molecule has 0 radical (unpaired) electrons. The maximum atomic E-state index is 12.6. The molecule has 0 saturated heterocycles. The topological polar surface area (TPSA) is 83.8 Å². The van der Waals surface area contributed by atoms with Crippen molar-refractivity contribution in [1.82, 2.24) is 20.4 Å². The average Bonchev–Trinajstić information content (AvgIpc) is 3.22. The number of benzene rings is 1. The summed E-state index contributed by atoms with van der Waals surface area (Å²) in [6, 6.07) is 9.73. The fourth-order valence-electron chi connectivity index (χ4n) is 2.97. The van der Waals surface area contributed by atoms with Crippen molar-refractivity contribution in [2.24, 2.45) is 0 Å². The monoisotopic (exact) mass is 338 g/mol. The number of hydrogen-bond donors (Lipinski definition) is 2. The molecule has 2 atom stereocenters. The van der Waals surface area contributed by atoms with Crippen LogP contribution in [0.3, 0.4) is 0 Å². The van der Waals surface area contributed by atoms with Crippen molar-refractivity contribution >= 4 is 5.91 Å². The van der Waals surface area contributed by atoms with Gasteiger partial charge in [-0.25, -0.2) is 4.98 Å². The van der Waals surface area contributed by atoms with Crippen LogP contribution in [0.2, 0.25) is 0 Å². The smallest absolute Gasteiger partial charge is 0.228 e. The lowest BCUT2D eigenvalue weighted by Crippen LogP contribution is -2.31. The molecule has 2 aromatic heterocycles. The molecule has 0 aliphatic rings. The molecule has 0 unspecified atom stereocenters. The summed E-state index contributed by atoms with van der Waals surface area (Å²) in [5.74, 6) is 0.979. The number of carbonyl (C=O) groups excluding carboxylic acids is 1. The van der Waals surface area contributed by atoms with E-state index < -0.39 is 0 Å². The maximum absolute atomic E-state index is 12.6. The van der Waals surface area contributed by atoms with Crippen molar-refractivity contribution in [1.29, 1.82) is 0 Å². The van der Waals surface area contributed by atoms with Gasteiger partial charge in [0.05, 0.1) is 29.5 Å². The maximum Gasteiger partial charge on any atom is 0.228 e. The molecular weight excluding hydrogens is 316 g/mol. The zero-order valence-corrected chi connectivity index (χ0v) is 14.8. The minimum absolute atomic E-state index is 0.0837. The van der Waals surface area contributed by atoms with Crippen LogP contribution in [-0.4, -0.2) is 21.0 Å². The van der Waals surface area contributed by atoms with Gasteiger partial charge in [0.2, 0.25) is 5.91 Å². The molecule has 25 heavy (non-hydrogen) atoms. The first kappa shape index (κ1) is 17.0. The summed E-state index contributed by atoms with van der Waals surface area (Å²) in [5.41, 5.74) is 3.57. The van der Waals surface area contributed by atoms with Gasteiger partial charge in [-0.2, -0.15) is 0 Å². The van der Waals surface area contributed by atoms with Crippen molar-refractivity contribution in [3.8, 4) is 11.3 Å². The van der Waals surface area contributed by atoms with Gasteiger partial charge in [0, 0.05) is 5.56 Å². The molecule has 0 spiro atoms. The van der Waals surface area contributed by atoms with Crippen LogP contribution >= 0.6 is 0 Å². The van der Waals surface area contributed by atoms with Gasteiger partial charge in [-0.15, -0.1) is 0 Å². The van der Waals surface area contributed by atoms with E-state index in [9.17, 15) is 4.79 Å². The molecule has 0 aliphatic heterocycles. The molecule has 3 rings (SSSR count). The molecule has 2 heterocycles. The summed E-state index contributed by atoms with van der Waals surface area (Å²) in [4.78, 5) is 20.3. The van der Waals surface area contributed by atoms with Crippen molar-refractivity contribution in [3.05, 3.63) is 59.4 Å². The Bertz CT molecular complexity index is 847. The first-order chi connectivity index (χ1) is 12.0. The number of aryl methyl sites for hydroxylation is 2. The fourth-order valence-corrected chi connectivity index (χ4v) is 2.97. The van der Waals surface area contributed by atoms with E-state index in [1.807, 2.05) is 58.0 Å². The van der Waals surface area contributed by atoms with Gasteiger partial charge < -0.3 is 14.8 Å². The lowest BCUT2D eigenvalue weighted by atomic mass is 9.98. The molecule has 1 aromatic carbocycles. The standard InChI is InChI=1S/C19H22N4O2/c1-11(17-12(2)23-25-14(17)4)19(24)21-13(3)18-20-10-16(22-18)15-8-6-5-7-9-15/h5-11,13H,1-4H3,(H,20,22)(H,21,24)/t11-,13-/m0/s1. The normalized spacial score (nSPS) is 13.4. The van der Waals surface area contributed by atoms with E-state index in [-0.39, 0.29) is 17.9 Å². The second-order valence-corrected chi connectivity index (χ2v) is 6.24. The summed E-state index contributed by atoms with van der Waals surface area (Å²) in [6.07, 6.45) is 1.78. The molecule has 0 bridgehead atoms. The molecule has 0 aliphatic carbocycles. The highest BCUT2D eigenvalue weighted by Crippen LogP contribution is 2.24. The molecule has 1 amide bonds. The number of carbonyl (C=O) groups is 1. The van der Waals surface area contributed by atoms with Crippen LogP contribution in [-0.2, 0) is 4.79 Å². The Balaban J connectivity index is 1.71. The quantitative estimate of drug-likeness (QED) is 0.743. The predicted octanol–water partition coefficient (Wildman–Crippen LogP) is 3.66. The number of nitrogens with zero attached hydrogens (tertiary/aromatic N) is 2. The van der Waals surface area contributed by atoms with Crippen molar-refractivity contribution in [3.63, 3.8) is 0 Å². The Morgan fingerprint density at radius 1 is 1.20 bits per heavy atom. The Labute approximate surface area is 146 Å². The van der Waals surface area contributed by atoms with Crippen LogP contribution in [0.5, 0.6) is 0 Å². The third kappa shape index (κ3) is 3.47. The summed E-state index contributed by atoms with van der Waals surface area (Å²) >= 11 is 0. The molecule has 130 valence electrons. The van der Waals surface area contributed by atoms with E-state index in [0.29, 0.717) is 5.76 Å². The highest BCUT2D eigenvalue weighted by Gasteiger charge is 2.24. The van der Waals surface area contributed by atoms with Crippen LogP contribution in [0.15, 0.2) is 41.1 Å². The first-order valence-electron chi connectivity index (χ1n) is 8.30. The number of aromatic amines is 1. The highest BCUT2D eigenvalue weighted by molar-refractivity contribution is 5.84. The number of H-pyrrole nitrogens is 1. The molecule has 0 saturated carbocycles. The number of hydrogen-bond acceptors (Lipinski definition) is 4. The first-order valence-corrected chi connectivity index (χ1v) is 8.30.